The first-order chi connectivity index (χ1) is 23.5. The quantitative estimate of drug-likeness (QED) is 0.0963. The van der Waals surface area contributed by atoms with Gasteiger partial charge in [0, 0.05) is 22.6 Å². The summed E-state index contributed by atoms with van der Waals surface area (Å²) in [6.07, 6.45) is 6.11. The summed E-state index contributed by atoms with van der Waals surface area (Å²) in [5, 5.41) is 1.93. The average Bonchev–Trinajstić information content (AvgIpc) is 3.67. The molecule has 0 radical (unpaired) electrons. The van der Waals surface area contributed by atoms with Crippen LogP contribution in [0.3, 0.4) is 0 Å². The smallest absolute Gasteiger partial charge is 0.796 e. The Hall–Kier alpha value is -2.13. The first-order valence-electron chi connectivity index (χ1n) is 15.2. The number of rotatable bonds is 5. The Morgan fingerprint density at radius 3 is 1.74 bits per heavy atom. The van der Waals surface area contributed by atoms with E-state index in [1.165, 1.54) is 17.7 Å². The number of nitrogens with zero attached hydrogens (tertiary/aromatic N) is 4. The Labute approximate surface area is 331 Å². The number of thioether (sulfide) groups is 1. The molecule has 6 aromatic rings. The summed E-state index contributed by atoms with van der Waals surface area (Å²) in [5.74, 6) is 0.451. The molecule has 8 rings (SSSR count). The monoisotopic (exact) mass is 782 g/mol. The van der Waals surface area contributed by atoms with Crippen molar-refractivity contribution in [2.45, 2.75) is 24.9 Å². The van der Waals surface area contributed by atoms with Crippen molar-refractivity contribution in [2.24, 2.45) is 0 Å². The number of halogens is 4. The van der Waals surface area contributed by atoms with Gasteiger partial charge in [0.2, 0.25) is 0 Å². The van der Waals surface area contributed by atoms with Crippen molar-refractivity contribution in [3.8, 4) is 22.8 Å². The summed E-state index contributed by atoms with van der Waals surface area (Å²) in [4.78, 5) is 8.88. The van der Waals surface area contributed by atoms with Gasteiger partial charge >= 0.3 is 29.6 Å². The SMILES string of the molecule is CS(=O)(=O)OCC1Cc2ccc(Cl)nc2-c2cc3c(F)cccc3n21.CSCC1Cc2ccc(Cl)nc2-c2cc3c(F)cccc3n21.C[S-].[Na+]. The summed E-state index contributed by atoms with van der Waals surface area (Å²) in [5.41, 5.74) is 6.92. The van der Waals surface area contributed by atoms with E-state index in [2.05, 4.69) is 33.4 Å². The number of benzene rings is 2. The van der Waals surface area contributed by atoms with Crippen LogP contribution in [0.5, 0.6) is 0 Å². The van der Waals surface area contributed by atoms with Gasteiger partial charge in [0.05, 0.1) is 52.7 Å². The minimum atomic E-state index is -3.58. The Balaban J connectivity index is 0.000000183. The molecule has 0 fully saturated rings. The molecule has 0 spiro atoms. The molecule has 0 N–H and O–H groups in total. The third-order valence-corrected chi connectivity index (χ3v) is 10.2. The van der Waals surface area contributed by atoms with Crippen LogP contribution >= 0.6 is 35.0 Å². The molecule has 2 atom stereocenters. The Bertz CT molecular complexity index is 2300. The van der Waals surface area contributed by atoms with Crippen LogP contribution in [0.25, 0.3) is 44.6 Å². The van der Waals surface area contributed by atoms with Crippen LogP contribution < -0.4 is 29.6 Å². The second-order valence-corrected chi connectivity index (χ2v) is 14.9. The zero-order valence-electron chi connectivity index (χ0n) is 27.7. The third-order valence-electron chi connectivity index (χ3n) is 8.51. The molecule has 0 amide bonds. The Morgan fingerprint density at radius 1 is 0.820 bits per heavy atom. The van der Waals surface area contributed by atoms with E-state index in [1.54, 1.807) is 48.3 Å². The molecule has 2 aliphatic heterocycles. The van der Waals surface area contributed by atoms with Gasteiger partial charge in [0.15, 0.2) is 0 Å². The Kier molecular flexibility index (Phi) is 12.7. The van der Waals surface area contributed by atoms with Crippen molar-refractivity contribution in [3.05, 3.63) is 106 Å². The van der Waals surface area contributed by atoms with E-state index in [0.717, 1.165) is 40.9 Å². The van der Waals surface area contributed by atoms with Gasteiger partial charge in [-0.05, 0) is 78.8 Å². The molecule has 2 aliphatic rings. The van der Waals surface area contributed by atoms with E-state index in [-0.39, 0.29) is 53.8 Å². The van der Waals surface area contributed by atoms with Gasteiger partial charge in [-0.25, -0.2) is 18.7 Å². The van der Waals surface area contributed by atoms with Gasteiger partial charge in [-0.2, -0.15) is 26.4 Å². The summed E-state index contributed by atoms with van der Waals surface area (Å²) >= 11 is 18.0. The third kappa shape index (κ3) is 7.79. The molecular weight excluding hydrogens is 753 g/mol. The van der Waals surface area contributed by atoms with Crippen molar-refractivity contribution in [1.29, 1.82) is 0 Å². The second-order valence-electron chi connectivity index (χ2n) is 11.6. The Morgan fingerprint density at radius 2 is 1.28 bits per heavy atom. The van der Waals surface area contributed by atoms with Crippen LogP contribution in [0, 0.1) is 11.6 Å². The van der Waals surface area contributed by atoms with Crippen molar-refractivity contribution < 1.29 is 50.9 Å². The van der Waals surface area contributed by atoms with E-state index >= 15 is 0 Å². The molecule has 2 aromatic carbocycles. The molecule has 50 heavy (non-hydrogen) atoms. The number of aromatic nitrogens is 4. The molecule has 7 nitrogen and oxygen atoms in total. The molecular formula is C35H31Cl2F2N4NaO3S3. The van der Waals surface area contributed by atoms with Crippen LogP contribution in [0.2, 0.25) is 10.3 Å². The van der Waals surface area contributed by atoms with E-state index in [1.807, 2.05) is 34.9 Å². The maximum Gasteiger partial charge on any atom is 1.00 e. The zero-order chi connectivity index (χ0) is 35.0. The van der Waals surface area contributed by atoms with Crippen LogP contribution in [-0.4, -0.2) is 58.6 Å². The van der Waals surface area contributed by atoms with Gasteiger partial charge in [-0.15, -0.1) is 0 Å². The molecule has 0 bridgehead atoms. The van der Waals surface area contributed by atoms with Crippen LogP contribution in [-0.2, 0) is 39.8 Å². The number of fused-ring (bicyclic) bond motifs is 10. The maximum atomic E-state index is 14.2. The fourth-order valence-electron chi connectivity index (χ4n) is 6.63. The first kappa shape index (κ1) is 39.1. The van der Waals surface area contributed by atoms with Crippen molar-refractivity contribution >= 4 is 79.5 Å². The normalized spacial score (nSPS) is 15.8. The van der Waals surface area contributed by atoms with Crippen molar-refractivity contribution in [3.63, 3.8) is 0 Å². The predicted molar refractivity (Wildman–Crippen MR) is 198 cm³/mol. The van der Waals surface area contributed by atoms with E-state index in [4.69, 9.17) is 27.4 Å². The molecule has 2 unspecified atom stereocenters. The number of hydrogen-bond donors (Lipinski definition) is 0. The van der Waals surface area contributed by atoms with Gasteiger partial charge in [0.1, 0.15) is 21.9 Å². The van der Waals surface area contributed by atoms with Gasteiger partial charge in [-0.1, -0.05) is 47.5 Å². The summed E-state index contributed by atoms with van der Waals surface area (Å²) in [6, 6.07) is 21.1. The van der Waals surface area contributed by atoms with Gasteiger partial charge in [0.25, 0.3) is 10.1 Å². The standard InChI is InChI=1S/C17H14ClFN2O3S.C17H14ClFN2S.CH4S.Na/c1-25(22,23)24-9-11-7-10-5-6-16(18)20-17(10)15-8-12-13(19)3-2-4-14(12)21(11)15;1-22-9-11-7-10-5-6-16(18)20-17(10)15-8-12-13(19)3-2-4-14(12)21(11)15;1-2;/h2-6,8,11H,7,9H2,1H3;2-6,8,11H,7,9H2,1H3;2H,1H3;/q;;;+1/p-1. The number of hydrogen-bond acceptors (Lipinski definition) is 7. The molecule has 0 saturated heterocycles. The molecule has 4 aromatic heterocycles. The largest absolute Gasteiger partial charge is 1.00 e. The van der Waals surface area contributed by atoms with E-state index in [0.29, 0.717) is 50.4 Å². The summed E-state index contributed by atoms with van der Waals surface area (Å²) < 4.78 is 60.4. The summed E-state index contributed by atoms with van der Waals surface area (Å²) in [7, 11) is -3.58. The molecule has 0 saturated carbocycles. The van der Waals surface area contributed by atoms with Gasteiger partial charge < -0.3 is 21.8 Å². The molecule has 256 valence electrons. The zero-order valence-corrected chi connectivity index (χ0v) is 33.6. The average molecular weight is 784 g/mol. The molecule has 15 heteroatoms. The second kappa shape index (κ2) is 16.3. The van der Waals surface area contributed by atoms with Gasteiger partial charge in [-0.3, -0.25) is 4.18 Å². The molecule has 0 aliphatic carbocycles. The minimum absolute atomic E-state index is 0. The first-order valence-corrected chi connectivity index (χ1v) is 20.0. The fourth-order valence-corrected chi connectivity index (χ4v) is 7.98. The van der Waals surface area contributed by atoms with E-state index < -0.39 is 10.1 Å². The predicted octanol–water partition coefficient (Wildman–Crippen LogP) is 5.69. The summed E-state index contributed by atoms with van der Waals surface area (Å²) in [6.45, 7) is -0.0335. The van der Waals surface area contributed by atoms with Crippen molar-refractivity contribution in [2.75, 3.05) is 31.1 Å². The molecule has 6 heterocycles. The minimum Gasteiger partial charge on any atom is -0.796 e. The number of pyridine rings is 2. The van der Waals surface area contributed by atoms with Crippen molar-refractivity contribution in [1.82, 2.24) is 19.1 Å². The van der Waals surface area contributed by atoms with Crippen LogP contribution in [0.4, 0.5) is 8.78 Å². The maximum absolute atomic E-state index is 14.2. The fraction of sp³-hybridized carbons (Fsp3) is 0.257. The van der Waals surface area contributed by atoms with E-state index in [9.17, 15) is 17.2 Å². The topological polar surface area (TPSA) is 79.0 Å². The van der Waals surface area contributed by atoms with Crippen LogP contribution in [0.1, 0.15) is 23.2 Å². The van der Waals surface area contributed by atoms with Crippen LogP contribution in [0.15, 0.2) is 72.8 Å².